The predicted octanol–water partition coefficient (Wildman–Crippen LogP) is 3.83. The van der Waals surface area contributed by atoms with E-state index in [0.29, 0.717) is 11.6 Å². The van der Waals surface area contributed by atoms with Crippen molar-refractivity contribution in [2.45, 2.75) is 6.92 Å². The highest BCUT2D eigenvalue weighted by molar-refractivity contribution is 6.13. The highest BCUT2D eigenvalue weighted by atomic mass is 16.6. The fraction of sp³-hybridized carbons (Fsp3) is 0.100. The molecule has 1 aliphatic rings. The lowest BCUT2D eigenvalue weighted by molar-refractivity contribution is -0.129. The van der Waals surface area contributed by atoms with Crippen LogP contribution in [0.15, 0.2) is 65.4 Å². The number of ether oxygens (including phenoxy) is 1. The first-order valence-electron chi connectivity index (χ1n) is 7.75. The second kappa shape index (κ2) is 5.49. The summed E-state index contributed by atoms with van der Waals surface area (Å²) < 4.78 is 7.36. The van der Waals surface area contributed by atoms with Gasteiger partial charge in [-0.05, 0) is 31.2 Å². The Morgan fingerprint density at radius 2 is 1.83 bits per heavy atom. The molecule has 24 heavy (non-hydrogen) atoms. The highest BCUT2D eigenvalue weighted by Gasteiger charge is 2.24. The van der Waals surface area contributed by atoms with E-state index < -0.39 is 5.97 Å². The van der Waals surface area contributed by atoms with E-state index in [9.17, 15) is 4.79 Å². The van der Waals surface area contributed by atoms with Gasteiger partial charge in [0.25, 0.3) is 0 Å². The van der Waals surface area contributed by atoms with Crippen molar-refractivity contribution in [3.63, 3.8) is 0 Å². The van der Waals surface area contributed by atoms with Crippen molar-refractivity contribution in [3.8, 4) is 0 Å². The Morgan fingerprint density at radius 3 is 2.62 bits per heavy atom. The average molecular weight is 316 g/mol. The molecule has 1 aliphatic heterocycles. The Bertz CT molecular complexity index is 1010. The van der Waals surface area contributed by atoms with Crippen LogP contribution in [0.5, 0.6) is 0 Å². The fourth-order valence-corrected chi connectivity index (χ4v) is 2.86. The third kappa shape index (κ3) is 2.42. The van der Waals surface area contributed by atoms with Crippen LogP contribution in [0.4, 0.5) is 0 Å². The lowest BCUT2D eigenvalue weighted by Crippen LogP contribution is -2.05. The average Bonchev–Trinajstić information content (AvgIpc) is 3.10. The van der Waals surface area contributed by atoms with E-state index in [1.807, 2.05) is 73.3 Å². The number of esters is 1. The molecule has 0 N–H and O–H groups in total. The molecule has 1 aromatic heterocycles. The maximum absolute atomic E-state index is 12.2. The quantitative estimate of drug-likeness (QED) is 0.533. The Morgan fingerprint density at radius 1 is 1.08 bits per heavy atom. The number of rotatable bonds is 2. The number of cyclic esters (lactones) is 1. The van der Waals surface area contributed by atoms with Gasteiger partial charge in [0.1, 0.15) is 0 Å². The smallest absolute Gasteiger partial charge is 0.363 e. The Hall–Kier alpha value is -3.14. The first-order chi connectivity index (χ1) is 11.6. The van der Waals surface area contributed by atoms with Crippen molar-refractivity contribution in [3.05, 3.63) is 77.1 Å². The van der Waals surface area contributed by atoms with Crippen molar-refractivity contribution in [2.24, 2.45) is 12.0 Å². The number of carbonyl (C=O) groups excluding carboxylic acids is 1. The zero-order valence-electron chi connectivity index (χ0n) is 13.5. The molecule has 4 nitrogen and oxygen atoms in total. The molecule has 0 unspecified atom stereocenters. The molecule has 118 valence electrons. The second-order valence-electron chi connectivity index (χ2n) is 5.91. The summed E-state index contributed by atoms with van der Waals surface area (Å²) in [5.74, 6) is -0.0648. The van der Waals surface area contributed by atoms with E-state index in [4.69, 9.17) is 4.74 Å². The van der Waals surface area contributed by atoms with Crippen LogP contribution < -0.4 is 0 Å². The normalized spacial score (nSPS) is 15.8. The number of aromatic nitrogens is 1. The standard InChI is InChI=1S/C20H16N2O2/c1-13-7-9-14(10-8-13)19-21-17(20(23)24-19)11-15-12-22(2)18-6-4-3-5-16(15)18/h3-12H,1-2H3/b17-11-. The first-order valence-corrected chi connectivity index (χ1v) is 7.75. The minimum Gasteiger partial charge on any atom is -0.402 e. The maximum Gasteiger partial charge on any atom is 0.363 e. The molecule has 4 heteroatoms. The molecule has 0 spiro atoms. The molecule has 2 aromatic carbocycles. The summed E-state index contributed by atoms with van der Waals surface area (Å²) in [6.45, 7) is 2.01. The molecule has 0 saturated heterocycles. The summed E-state index contributed by atoms with van der Waals surface area (Å²) in [5, 5.41) is 1.08. The second-order valence-corrected chi connectivity index (χ2v) is 5.91. The highest BCUT2D eigenvalue weighted by Crippen LogP contribution is 2.25. The lowest BCUT2D eigenvalue weighted by Gasteiger charge is -1.99. The monoisotopic (exact) mass is 316 g/mol. The molecule has 0 radical (unpaired) electrons. The summed E-state index contributed by atoms with van der Waals surface area (Å²) in [4.78, 5) is 16.5. The Balaban J connectivity index is 1.76. The van der Waals surface area contributed by atoms with E-state index in [0.717, 1.165) is 27.6 Å². The fourth-order valence-electron chi connectivity index (χ4n) is 2.86. The van der Waals surface area contributed by atoms with Gasteiger partial charge in [-0.1, -0.05) is 35.9 Å². The molecule has 4 rings (SSSR count). The van der Waals surface area contributed by atoms with Gasteiger partial charge in [0.2, 0.25) is 5.90 Å². The van der Waals surface area contributed by atoms with Crippen molar-refractivity contribution in [1.82, 2.24) is 4.57 Å². The Kier molecular flexibility index (Phi) is 3.31. The van der Waals surface area contributed by atoms with E-state index in [-0.39, 0.29) is 0 Å². The molecular formula is C20H16N2O2. The molecule has 0 atom stereocenters. The number of fused-ring (bicyclic) bond motifs is 1. The van der Waals surface area contributed by atoms with Crippen molar-refractivity contribution < 1.29 is 9.53 Å². The predicted molar refractivity (Wildman–Crippen MR) is 94.7 cm³/mol. The number of aliphatic imine (C=N–C) groups is 1. The zero-order valence-corrected chi connectivity index (χ0v) is 13.5. The summed E-state index contributed by atoms with van der Waals surface area (Å²) in [6.07, 6.45) is 3.77. The van der Waals surface area contributed by atoms with Crippen molar-refractivity contribution >= 4 is 28.8 Å². The van der Waals surface area contributed by atoms with E-state index in [2.05, 4.69) is 4.99 Å². The van der Waals surface area contributed by atoms with Crippen LogP contribution in [0.25, 0.3) is 17.0 Å². The molecule has 0 bridgehead atoms. The first kappa shape index (κ1) is 14.5. The van der Waals surface area contributed by atoms with Gasteiger partial charge in [0, 0.05) is 35.3 Å². The summed E-state index contributed by atoms with van der Waals surface area (Å²) in [7, 11) is 1.98. The zero-order chi connectivity index (χ0) is 16.7. The van der Waals surface area contributed by atoms with Crippen molar-refractivity contribution in [2.75, 3.05) is 0 Å². The van der Waals surface area contributed by atoms with Crippen LogP contribution in [0, 0.1) is 6.92 Å². The van der Waals surface area contributed by atoms with Gasteiger partial charge in [-0.25, -0.2) is 9.79 Å². The molecular weight excluding hydrogens is 300 g/mol. The van der Waals surface area contributed by atoms with Crippen LogP contribution in [0.3, 0.4) is 0 Å². The van der Waals surface area contributed by atoms with Crippen molar-refractivity contribution in [1.29, 1.82) is 0 Å². The van der Waals surface area contributed by atoms with Gasteiger partial charge in [0.05, 0.1) is 0 Å². The minimum atomic E-state index is -0.418. The molecule has 0 fully saturated rings. The third-order valence-electron chi connectivity index (χ3n) is 4.14. The molecule has 2 heterocycles. The lowest BCUT2D eigenvalue weighted by atomic mass is 10.1. The number of aryl methyl sites for hydroxylation is 2. The van der Waals surface area contributed by atoms with Gasteiger partial charge in [-0.3, -0.25) is 0 Å². The summed E-state index contributed by atoms with van der Waals surface area (Å²) >= 11 is 0. The largest absolute Gasteiger partial charge is 0.402 e. The Labute approximate surface area is 139 Å². The van der Waals surface area contributed by atoms with E-state index >= 15 is 0 Å². The number of hydrogen-bond acceptors (Lipinski definition) is 3. The molecule has 0 saturated carbocycles. The van der Waals surface area contributed by atoms with Gasteiger partial charge in [0.15, 0.2) is 5.70 Å². The van der Waals surface area contributed by atoms with Crippen LogP contribution in [-0.4, -0.2) is 16.4 Å². The number of hydrogen-bond donors (Lipinski definition) is 0. The maximum atomic E-state index is 12.2. The topological polar surface area (TPSA) is 43.6 Å². The van der Waals surface area contributed by atoms with Crippen LogP contribution in [0.1, 0.15) is 16.7 Å². The summed E-state index contributed by atoms with van der Waals surface area (Å²) in [6, 6.07) is 15.8. The van der Waals surface area contributed by atoms with Gasteiger partial charge < -0.3 is 9.30 Å². The number of carbonyl (C=O) groups is 1. The van der Waals surface area contributed by atoms with Crippen LogP contribution >= 0.6 is 0 Å². The molecule has 0 amide bonds. The number of nitrogens with zero attached hydrogens (tertiary/aromatic N) is 2. The molecule has 3 aromatic rings. The molecule has 0 aliphatic carbocycles. The SMILES string of the molecule is Cc1ccc(C2=N/C(=C\c3cn(C)c4ccccc34)C(=O)O2)cc1. The van der Waals surface area contributed by atoms with E-state index in [1.165, 1.54) is 0 Å². The van der Waals surface area contributed by atoms with Gasteiger partial charge in [-0.15, -0.1) is 0 Å². The minimum absolute atomic E-state index is 0.321. The van der Waals surface area contributed by atoms with Crippen LogP contribution in [-0.2, 0) is 16.6 Å². The number of benzene rings is 2. The van der Waals surface area contributed by atoms with Crippen LogP contribution in [0.2, 0.25) is 0 Å². The van der Waals surface area contributed by atoms with Gasteiger partial charge >= 0.3 is 5.97 Å². The summed E-state index contributed by atoms with van der Waals surface area (Å²) in [5.41, 5.74) is 4.33. The number of para-hydroxylation sites is 1. The van der Waals surface area contributed by atoms with E-state index in [1.54, 1.807) is 6.08 Å². The van der Waals surface area contributed by atoms with Gasteiger partial charge in [-0.2, -0.15) is 0 Å². The third-order valence-corrected chi connectivity index (χ3v) is 4.14.